The van der Waals surface area contributed by atoms with Crippen molar-refractivity contribution in [3.05, 3.63) is 77.0 Å². The Hall–Kier alpha value is -3.96. The van der Waals surface area contributed by atoms with Crippen LogP contribution in [0.3, 0.4) is 0 Å². The van der Waals surface area contributed by atoms with E-state index in [2.05, 4.69) is 20.5 Å². The molecule has 2 aliphatic rings. The Morgan fingerprint density at radius 2 is 1.74 bits per heavy atom. The van der Waals surface area contributed by atoms with Gasteiger partial charge < -0.3 is 20.3 Å². The summed E-state index contributed by atoms with van der Waals surface area (Å²) in [7, 11) is 2.00. The van der Waals surface area contributed by atoms with E-state index in [1.807, 2.05) is 30.1 Å². The number of hydrogen-bond donors (Lipinski definition) is 2. The molecule has 0 bridgehead atoms. The fourth-order valence-corrected chi connectivity index (χ4v) is 5.43. The molecule has 8 nitrogen and oxygen atoms in total. The first-order valence-corrected chi connectivity index (χ1v) is 14.0. The van der Waals surface area contributed by atoms with E-state index in [-0.39, 0.29) is 35.5 Å². The smallest absolute Gasteiger partial charge is 0.416 e. The average Bonchev–Trinajstić information content (AvgIpc) is 2.94. The minimum absolute atomic E-state index is 0.144. The molecule has 11 heteroatoms. The predicted octanol–water partition coefficient (Wildman–Crippen LogP) is 5.34. The third kappa shape index (κ3) is 7.46. The number of piperazine rings is 1. The lowest BCUT2D eigenvalue weighted by Gasteiger charge is -2.33. The van der Waals surface area contributed by atoms with E-state index in [1.165, 1.54) is 19.2 Å². The van der Waals surface area contributed by atoms with Crippen molar-refractivity contribution >= 4 is 23.3 Å². The number of benzene rings is 2. The second-order valence-corrected chi connectivity index (χ2v) is 11.0. The Morgan fingerprint density at radius 1 is 0.976 bits per heavy atom. The Morgan fingerprint density at radius 3 is 2.48 bits per heavy atom. The van der Waals surface area contributed by atoms with Crippen LogP contribution in [0.15, 0.2) is 54.7 Å². The zero-order valence-electron chi connectivity index (χ0n) is 23.6. The quantitative estimate of drug-likeness (QED) is 0.392. The lowest BCUT2D eigenvalue weighted by molar-refractivity contribution is -0.138. The summed E-state index contributed by atoms with van der Waals surface area (Å²) >= 11 is 0. The molecule has 222 valence electrons. The minimum atomic E-state index is -4.53. The number of amides is 2. The third-order valence-corrected chi connectivity index (χ3v) is 7.72. The van der Waals surface area contributed by atoms with Crippen molar-refractivity contribution in [3.8, 4) is 11.5 Å². The van der Waals surface area contributed by atoms with Gasteiger partial charge in [-0.3, -0.25) is 14.5 Å². The molecule has 1 atom stereocenters. The fraction of sp³-hybridized carbons (Fsp3) is 0.387. The Labute approximate surface area is 242 Å². The van der Waals surface area contributed by atoms with E-state index in [1.54, 1.807) is 18.2 Å². The highest BCUT2D eigenvalue weighted by molar-refractivity contribution is 5.93. The SMILES string of the molecule is CC(=O)Nc1cc(Oc2ccc3c(c2)CC(C(=O)Nc2ccc(CN4CCN(C)CC4)c(C(F)(F)F)c2)CC3)ccn1. The highest BCUT2D eigenvalue weighted by atomic mass is 19.4. The third-order valence-electron chi connectivity index (χ3n) is 7.72. The van der Waals surface area contributed by atoms with E-state index in [9.17, 15) is 22.8 Å². The van der Waals surface area contributed by atoms with Gasteiger partial charge in [0, 0.05) is 63.5 Å². The molecular weight excluding hydrogens is 547 g/mol. The summed E-state index contributed by atoms with van der Waals surface area (Å²) in [6, 6.07) is 13.1. The van der Waals surface area contributed by atoms with E-state index < -0.39 is 11.7 Å². The molecule has 0 radical (unpaired) electrons. The van der Waals surface area contributed by atoms with Crippen molar-refractivity contribution in [3.63, 3.8) is 0 Å². The second kappa shape index (κ2) is 12.5. The van der Waals surface area contributed by atoms with Gasteiger partial charge in [0.2, 0.25) is 11.8 Å². The van der Waals surface area contributed by atoms with Crippen LogP contribution in [0.5, 0.6) is 11.5 Å². The molecule has 1 saturated heterocycles. The molecule has 2 N–H and O–H groups in total. The number of nitrogens with zero attached hydrogens (tertiary/aromatic N) is 3. The van der Waals surface area contributed by atoms with E-state index in [4.69, 9.17) is 4.74 Å². The van der Waals surface area contributed by atoms with Gasteiger partial charge in [0.1, 0.15) is 17.3 Å². The summed E-state index contributed by atoms with van der Waals surface area (Å²) in [5.74, 6) is 0.501. The Bertz CT molecular complexity index is 1450. The number of pyridine rings is 1. The number of alkyl halides is 3. The highest BCUT2D eigenvalue weighted by Gasteiger charge is 2.34. The number of aryl methyl sites for hydroxylation is 1. The molecule has 0 spiro atoms. The van der Waals surface area contributed by atoms with Gasteiger partial charge in [0.15, 0.2) is 0 Å². The zero-order chi connectivity index (χ0) is 29.9. The number of fused-ring (bicyclic) bond motifs is 1. The first-order chi connectivity index (χ1) is 20.0. The summed E-state index contributed by atoms with van der Waals surface area (Å²) < 4.78 is 48.0. The van der Waals surface area contributed by atoms with E-state index in [0.717, 1.165) is 30.3 Å². The van der Waals surface area contributed by atoms with Crippen LogP contribution in [-0.2, 0) is 35.2 Å². The molecule has 3 aromatic rings. The molecule has 0 saturated carbocycles. The van der Waals surface area contributed by atoms with Crippen molar-refractivity contribution in [2.45, 2.75) is 38.9 Å². The van der Waals surface area contributed by atoms with E-state index in [0.29, 0.717) is 49.7 Å². The maximum Gasteiger partial charge on any atom is 0.416 e. The monoisotopic (exact) mass is 581 g/mol. The maximum absolute atomic E-state index is 14.0. The largest absolute Gasteiger partial charge is 0.457 e. The Balaban J connectivity index is 1.25. The number of likely N-dealkylation sites (N-methyl/N-ethyl adjacent to an activating group) is 1. The molecule has 2 heterocycles. The average molecular weight is 582 g/mol. The van der Waals surface area contributed by atoms with E-state index >= 15 is 0 Å². The standard InChI is InChI=1S/C31H34F3N5O3/c1-20(40)36-29-18-27(9-10-35-29)42-26-8-6-21-3-4-22(15-24(21)16-26)30(41)37-25-7-5-23(28(17-25)31(32,33)34)19-39-13-11-38(2)12-14-39/h5-10,16-18,22H,3-4,11-15,19H2,1-2H3,(H,37,41)(H,35,36,40). The highest BCUT2D eigenvalue weighted by Crippen LogP contribution is 2.36. The first kappa shape index (κ1) is 29.5. The number of anilines is 2. The predicted molar refractivity (Wildman–Crippen MR) is 153 cm³/mol. The normalized spacial score (nSPS) is 17.8. The number of carbonyl (C=O) groups is 2. The van der Waals surface area contributed by atoms with Gasteiger partial charge in [-0.25, -0.2) is 4.98 Å². The lowest BCUT2D eigenvalue weighted by Crippen LogP contribution is -2.44. The number of carbonyl (C=O) groups excluding carboxylic acids is 2. The molecule has 5 rings (SSSR count). The summed E-state index contributed by atoms with van der Waals surface area (Å²) in [6.07, 6.45) is -1.28. The number of aromatic nitrogens is 1. The molecule has 1 aliphatic heterocycles. The number of nitrogens with one attached hydrogen (secondary N) is 2. The van der Waals surface area contributed by atoms with Gasteiger partial charge in [-0.15, -0.1) is 0 Å². The second-order valence-electron chi connectivity index (χ2n) is 11.0. The van der Waals surface area contributed by atoms with Crippen molar-refractivity contribution in [1.82, 2.24) is 14.8 Å². The molecule has 42 heavy (non-hydrogen) atoms. The van der Waals surface area contributed by atoms with Gasteiger partial charge in [-0.1, -0.05) is 12.1 Å². The van der Waals surface area contributed by atoms with Crippen molar-refractivity contribution < 1.29 is 27.5 Å². The van der Waals surface area contributed by atoms with Crippen molar-refractivity contribution in [2.75, 3.05) is 43.9 Å². The van der Waals surface area contributed by atoms with Crippen LogP contribution in [0.2, 0.25) is 0 Å². The summed E-state index contributed by atoms with van der Waals surface area (Å²) in [6.45, 7) is 4.67. The van der Waals surface area contributed by atoms with Crippen molar-refractivity contribution in [2.24, 2.45) is 5.92 Å². The Kier molecular flexibility index (Phi) is 8.79. The van der Waals surface area contributed by atoms with Gasteiger partial charge in [0.05, 0.1) is 5.56 Å². The van der Waals surface area contributed by atoms with Crippen LogP contribution in [0.1, 0.15) is 35.6 Å². The van der Waals surface area contributed by atoms with Crippen LogP contribution in [-0.4, -0.2) is 59.8 Å². The number of ether oxygens (including phenoxy) is 1. The van der Waals surface area contributed by atoms with Crippen molar-refractivity contribution in [1.29, 1.82) is 0 Å². The summed E-state index contributed by atoms with van der Waals surface area (Å²) in [5.41, 5.74) is 1.70. The molecule has 1 aliphatic carbocycles. The van der Waals surface area contributed by atoms with Crippen LogP contribution in [0.4, 0.5) is 24.7 Å². The van der Waals surface area contributed by atoms with Crippen LogP contribution in [0.25, 0.3) is 0 Å². The lowest BCUT2D eigenvalue weighted by atomic mass is 9.83. The summed E-state index contributed by atoms with van der Waals surface area (Å²) in [5, 5.41) is 5.35. The molecule has 2 amide bonds. The number of halogens is 3. The molecule has 1 aromatic heterocycles. The molecule has 2 aromatic carbocycles. The number of rotatable bonds is 7. The molecule has 1 fully saturated rings. The van der Waals surface area contributed by atoms with Gasteiger partial charge in [-0.2, -0.15) is 13.2 Å². The fourth-order valence-electron chi connectivity index (χ4n) is 5.43. The molecule has 1 unspecified atom stereocenters. The maximum atomic E-state index is 14.0. The van der Waals surface area contributed by atoms with Crippen LogP contribution >= 0.6 is 0 Å². The van der Waals surface area contributed by atoms with Crippen LogP contribution < -0.4 is 15.4 Å². The van der Waals surface area contributed by atoms with Gasteiger partial charge >= 0.3 is 6.18 Å². The zero-order valence-corrected chi connectivity index (χ0v) is 23.6. The first-order valence-electron chi connectivity index (χ1n) is 14.0. The minimum Gasteiger partial charge on any atom is -0.457 e. The van der Waals surface area contributed by atoms with Crippen LogP contribution in [0, 0.1) is 5.92 Å². The number of hydrogen-bond acceptors (Lipinski definition) is 6. The summed E-state index contributed by atoms with van der Waals surface area (Å²) in [4.78, 5) is 32.8. The van der Waals surface area contributed by atoms with Gasteiger partial charge in [-0.05, 0) is 73.3 Å². The molecular formula is C31H34F3N5O3. The van der Waals surface area contributed by atoms with Gasteiger partial charge in [0.25, 0.3) is 0 Å². The topological polar surface area (TPSA) is 86.8 Å².